The van der Waals surface area contributed by atoms with Crippen LogP contribution in [0.25, 0.3) is 11.1 Å². The van der Waals surface area contributed by atoms with Gasteiger partial charge in [-0.25, -0.2) is 4.79 Å². The number of carboxylic acid groups (broad SMARTS) is 1. The van der Waals surface area contributed by atoms with Crippen LogP contribution < -0.4 is 5.76 Å². The fourth-order valence-corrected chi connectivity index (χ4v) is 5.34. The Kier molecular flexibility index (Phi) is 7.19. The van der Waals surface area contributed by atoms with E-state index in [0.717, 1.165) is 36.9 Å². The van der Waals surface area contributed by atoms with E-state index in [1.54, 1.807) is 18.2 Å². The molecule has 1 aromatic heterocycles. The zero-order valence-corrected chi connectivity index (χ0v) is 19.1. The van der Waals surface area contributed by atoms with Gasteiger partial charge in [-0.3, -0.25) is 19.1 Å². The van der Waals surface area contributed by atoms with Gasteiger partial charge in [-0.2, -0.15) is 0 Å². The number of carbonyl (C=O) groups is 2. The Morgan fingerprint density at radius 2 is 1.97 bits per heavy atom. The molecule has 0 spiro atoms. The van der Waals surface area contributed by atoms with Crippen LogP contribution >= 0.6 is 0 Å². The molecule has 1 amide bonds. The third kappa shape index (κ3) is 5.47. The van der Waals surface area contributed by atoms with Crippen molar-refractivity contribution < 1.29 is 24.2 Å². The van der Waals surface area contributed by atoms with Gasteiger partial charge in [0.25, 0.3) is 0 Å². The maximum Gasteiger partial charge on any atom is 0.420 e. The molecule has 1 saturated carbocycles. The Balaban J connectivity index is 1.51. The third-order valence-electron chi connectivity index (χ3n) is 7.16. The van der Waals surface area contributed by atoms with Gasteiger partial charge in [0.2, 0.25) is 5.91 Å². The lowest BCUT2D eigenvalue weighted by Gasteiger charge is -2.39. The summed E-state index contributed by atoms with van der Waals surface area (Å²) in [7, 11) is 1.87. The van der Waals surface area contributed by atoms with E-state index in [4.69, 9.17) is 9.52 Å². The van der Waals surface area contributed by atoms with Crippen LogP contribution in [0.3, 0.4) is 0 Å². The van der Waals surface area contributed by atoms with E-state index in [1.165, 1.54) is 19.3 Å². The molecular formula is C24H33N3O6. The smallest absolute Gasteiger partial charge is 0.420 e. The summed E-state index contributed by atoms with van der Waals surface area (Å²) in [5.41, 5.74) is 1.39. The standard InChI is InChI=1S/C24H33N3O6/c1-25(20(17-5-3-2-4-6-17)14-26-10-9-18(28)13-26)22(29)12-16-7-8-21-19(11-16)27(15-23(30)31)24(32)33-21/h7-8,11,17-18,20,28H,2-6,9-10,12-15H2,1H3,(H,30,31)/t18-,20+/m0/s1. The second kappa shape index (κ2) is 10.1. The number of oxazole rings is 1. The average Bonchev–Trinajstić information content (AvgIpc) is 3.34. The number of likely N-dealkylation sites (N-methyl/N-ethyl adjacent to an activating group) is 1. The highest BCUT2D eigenvalue weighted by Gasteiger charge is 2.33. The SMILES string of the molecule is CN(C(=O)Cc1ccc2oc(=O)n(CC(=O)O)c2c1)[C@H](CN1CC[C@H](O)C1)C1CCCCC1. The van der Waals surface area contributed by atoms with Gasteiger partial charge in [0.15, 0.2) is 5.58 Å². The van der Waals surface area contributed by atoms with Gasteiger partial charge < -0.3 is 19.5 Å². The number of fused-ring (bicyclic) bond motifs is 1. The fourth-order valence-electron chi connectivity index (χ4n) is 5.34. The molecule has 1 aliphatic carbocycles. The Hall–Kier alpha value is -2.65. The lowest BCUT2D eigenvalue weighted by atomic mass is 9.83. The molecule has 0 unspecified atom stereocenters. The molecule has 2 heterocycles. The summed E-state index contributed by atoms with van der Waals surface area (Å²) >= 11 is 0. The first-order valence-corrected chi connectivity index (χ1v) is 11.8. The van der Waals surface area contributed by atoms with Crippen LogP contribution in [0.15, 0.2) is 27.4 Å². The van der Waals surface area contributed by atoms with Crippen LogP contribution in [-0.4, -0.2) is 75.3 Å². The number of aliphatic hydroxyl groups excluding tert-OH is 1. The molecule has 2 atom stereocenters. The minimum absolute atomic E-state index is 0.0136. The number of benzene rings is 1. The predicted molar refractivity (Wildman–Crippen MR) is 122 cm³/mol. The number of hydrogen-bond donors (Lipinski definition) is 2. The molecule has 1 aromatic carbocycles. The zero-order chi connectivity index (χ0) is 23.5. The molecule has 0 bridgehead atoms. The Morgan fingerprint density at radius 3 is 2.64 bits per heavy atom. The summed E-state index contributed by atoms with van der Waals surface area (Å²) in [5.74, 6) is -1.43. The number of likely N-dealkylation sites (tertiary alicyclic amines) is 1. The quantitative estimate of drug-likeness (QED) is 0.617. The van der Waals surface area contributed by atoms with Gasteiger partial charge in [-0.05, 0) is 42.9 Å². The molecule has 1 saturated heterocycles. The molecule has 33 heavy (non-hydrogen) atoms. The number of hydrogen-bond acceptors (Lipinski definition) is 6. The highest BCUT2D eigenvalue weighted by atomic mass is 16.4. The lowest BCUT2D eigenvalue weighted by molar-refractivity contribution is -0.137. The minimum atomic E-state index is -1.14. The van der Waals surface area contributed by atoms with E-state index >= 15 is 0 Å². The van der Waals surface area contributed by atoms with Crippen LogP contribution in [0.2, 0.25) is 0 Å². The largest absolute Gasteiger partial charge is 0.480 e. The number of carbonyl (C=O) groups excluding carboxylic acids is 1. The first-order valence-electron chi connectivity index (χ1n) is 11.8. The van der Waals surface area contributed by atoms with Crippen LogP contribution in [0.1, 0.15) is 44.1 Å². The molecular weight excluding hydrogens is 426 g/mol. The van der Waals surface area contributed by atoms with Crippen LogP contribution in [-0.2, 0) is 22.6 Å². The van der Waals surface area contributed by atoms with Crippen molar-refractivity contribution in [1.29, 1.82) is 0 Å². The van der Waals surface area contributed by atoms with Gasteiger partial charge in [0, 0.05) is 32.7 Å². The predicted octanol–water partition coefficient (Wildman–Crippen LogP) is 1.70. The number of aliphatic carboxylic acids is 1. The van der Waals surface area contributed by atoms with Crippen molar-refractivity contribution in [2.75, 3.05) is 26.7 Å². The monoisotopic (exact) mass is 459 g/mol. The molecule has 9 heteroatoms. The van der Waals surface area contributed by atoms with E-state index < -0.39 is 18.3 Å². The molecule has 180 valence electrons. The average molecular weight is 460 g/mol. The van der Waals surface area contributed by atoms with Crippen LogP contribution in [0.4, 0.5) is 0 Å². The van der Waals surface area contributed by atoms with E-state index in [0.29, 0.717) is 29.1 Å². The summed E-state index contributed by atoms with van der Waals surface area (Å²) in [4.78, 5) is 40.6. The van der Waals surface area contributed by atoms with Gasteiger partial charge in [0.1, 0.15) is 6.54 Å². The van der Waals surface area contributed by atoms with E-state index in [2.05, 4.69) is 4.90 Å². The summed E-state index contributed by atoms with van der Waals surface area (Å²) in [5, 5.41) is 19.0. The summed E-state index contributed by atoms with van der Waals surface area (Å²) in [6.07, 6.45) is 6.48. The molecule has 4 rings (SSSR count). The van der Waals surface area contributed by atoms with Crippen molar-refractivity contribution in [3.05, 3.63) is 34.3 Å². The molecule has 2 aromatic rings. The minimum Gasteiger partial charge on any atom is -0.480 e. The van der Waals surface area contributed by atoms with Crippen molar-refractivity contribution in [3.63, 3.8) is 0 Å². The number of rotatable bonds is 8. The Labute approximate surface area is 192 Å². The molecule has 9 nitrogen and oxygen atoms in total. The highest BCUT2D eigenvalue weighted by Crippen LogP contribution is 2.30. The van der Waals surface area contributed by atoms with Crippen molar-refractivity contribution in [1.82, 2.24) is 14.4 Å². The molecule has 0 radical (unpaired) electrons. The fraction of sp³-hybridized carbons (Fsp3) is 0.625. The number of carboxylic acids is 1. The van der Waals surface area contributed by atoms with Crippen molar-refractivity contribution >= 4 is 23.0 Å². The van der Waals surface area contributed by atoms with Crippen LogP contribution in [0, 0.1) is 5.92 Å². The van der Waals surface area contributed by atoms with E-state index in [9.17, 15) is 19.5 Å². The lowest BCUT2D eigenvalue weighted by Crippen LogP contribution is -2.49. The molecule has 2 N–H and O–H groups in total. The molecule has 2 aliphatic rings. The zero-order valence-electron chi connectivity index (χ0n) is 19.1. The first-order chi connectivity index (χ1) is 15.8. The first kappa shape index (κ1) is 23.5. The maximum absolute atomic E-state index is 13.3. The van der Waals surface area contributed by atoms with E-state index in [1.807, 2.05) is 11.9 Å². The third-order valence-corrected chi connectivity index (χ3v) is 7.16. The normalized spacial score (nSPS) is 20.8. The second-order valence-corrected chi connectivity index (χ2v) is 9.50. The maximum atomic E-state index is 13.3. The van der Waals surface area contributed by atoms with Crippen LogP contribution in [0.5, 0.6) is 0 Å². The number of aliphatic hydroxyl groups is 1. The number of aromatic nitrogens is 1. The summed E-state index contributed by atoms with van der Waals surface area (Å²) in [6, 6.07) is 5.11. The van der Waals surface area contributed by atoms with Gasteiger partial charge in [0.05, 0.1) is 18.0 Å². The van der Waals surface area contributed by atoms with Crippen molar-refractivity contribution in [2.24, 2.45) is 5.92 Å². The van der Waals surface area contributed by atoms with Crippen molar-refractivity contribution in [2.45, 2.75) is 63.6 Å². The summed E-state index contributed by atoms with van der Waals surface area (Å²) in [6.45, 7) is 1.78. The van der Waals surface area contributed by atoms with Gasteiger partial charge in [-0.1, -0.05) is 25.3 Å². The Bertz CT molecular complexity index is 1050. The molecule has 1 aliphatic heterocycles. The van der Waals surface area contributed by atoms with Crippen molar-refractivity contribution in [3.8, 4) is 0 Å². The highest BCUT2D eigenvalue weighted by molar-refractivity contribution is 5.82. The number of β-amino-alcohol motifs (C(OH)–C–C–N with tert-alkyl or cyclic N) is 1. The topological polar surface area (TPSA) is 116 Å². The van der Waals surface area contributed by atoms with E-state index in [-0.39, 0.29) is 24.5 Å². The molecule has 2 fully saturated rings. The van der Waals surface area contributed by atoms with Gasteiger partial charge in [-0.15, -0.1) is 0 Å². The van der Waals surface area contributed by atoms with Gasteiger partial charge >= 0.3 is 11.7 Å². The number of amides is 1. The Morgan fingerprint density at radius 1 is 1.21 bits per heavy atom. The number of nitrogens with zero attached hydrogens (tertiary/aromatic N) is 3. The summed E-state index contributed by atoms with van der Waals surface area (Å²) < 4.78 is 6.20. The second-order valence-electron chi connectivity index (χ2n) is 9.50.